The highest BCUT2D eigenvalue weighted by Gasteiger charge is 2.61. The summed E-state index contributed by atoms with van der Waals surface area (Å²) in [5.74, 6) is 0.423. The minimum atomic E-state index is -1.18. The van der Waals surface area contributed by atoms with Gasteiger partial charge in [0.1, 0.15) is 6.17 Å². The summed E-state index contributed by atoms with van der Waals surface area (Å²) < 4.78 is 23.2. The zero-order chi connectivity index (χ0) is 27.7. The first kappa shape index (κ1) is 27.3. The molecule has 0 aromatic heterocycles. The van der Waals surface area contributed by atoms with Crippen molar-refractivity contribution in [2.24, 2.45) is 23.5 Å². The van der Waals surface area contributed by atoms with Crippen molar-refractivity contribution in [1.29, 1.82) is 0 Å². The summed E-state index contributed by atoms with van der Waals surface area (Å²) in [6.07, 6.45) is 10.3. The molecule has 8 nitrogen and oxygen atoms in total. The molecule has 2 N–H and O–H groups in total. The molecule has 0 aromatic rings. The number of rotatable bonds is 3. The van der Waals surface area contributed by atoms with Crippen LogP contribution in [0.15, 0.2) is 11.8 Å². The fourth-order valence-corrected chi connectivity index (χ4v) is 9.68. The standard InChI is InChI=1S/C31H48FN5O3/c1-34-10-8-21(9-11-34)35(2)31(39)23-17-37-25-13-18-5-3-4-6-19(18)14-26(25)40-30-27(37)22(29(23)38)15-24(32)28(30)36-12-7-20(33)16-36/h17-22,24-28,30H,3-16,33H2,1-2H3. The second kappa shape index (κ2) is 10.6. The van der Waals surface area contributed by atoms with E-state index in [1.165, 1.54) is 25.7 Å². The first-order valence-corrected chi connectivity index (χ1v) is 16.1. The van der Waals surface area contributed by atoms with Crippen molar-refractivity contribution in [3.63, 3.8) is 0 Å². The van der Waals surface area contributed by atoms with E-state index in [4.69, 9.17) is 10.5 Å². The van der Waals surface area contributed by atoms with Crippen LogP contribution in [-0.4, -0.2) is 120 Å². The van der Waals surface area contributed by atoms with Gasteiger partial charge in [-0.25, -0.2) is 4.39 Å². The molecule has 222 valence electrons. The average molecular weight is 558 g/mol. The van der Waals surface area contributed by atoms with Crippen LogP contribution in [0.2, 0.25) is 0 Å². The Morgan fingerprint density at radius 3 is 2.45 bits per heavy atom. The smallest absolute Gasteiger partial charge is 0.258 e. The van der Waals surface area contributed by atoms with Crippen LogP contribution >= 0.6 is 0 Å². The molecule has 40 heavy (non-hydrogen) atoms. The predicted molar refractivity (Wildman–Crippen MR) is 150 cm³/mol. The van der Waals surface area contributed by atoms with Crippen LogP contribution in [0.1, 0.15) is 64.2 Å². The van der Waals surface area contributed by atoms with Gasteiger partial charge in [-0.15, -0.1) is 0 Å². The summed E-state index contributed by atoms with van der Waals surface area (Å²) >= 11 is 0. The van der Waals surface area contributed by atoms with Crippen molar-refractivity contribution in [3.8, 4) is 0 Å². The lowest BCUT2D eigenvalue weighted by Gasteiger charge is -2.61. The van der Waals surface area contributed by atoms with E-state index in [1.807, 2.05) is 13.2 Å². The molecule has 10 unspecified atom stereocenters. The van der Waals surface area contributed by atoms with Gasteiger partial charge in [0.15, 0.2) is 5.78 Å². The molecule has 4 heterocycles. The lowest BCUT2D eigenvalue weighted by atomic mass is 9.64. The van der Waals surface area contributed by atoms with Gasteiger partial charge in [-0.1, -0.05) is 25.7 Å². The highest BCUT2D eigenvalue weighted by Crippen LogP contribution is 2.51. The highest BCUT2D eigenvalue weighted by atomic mass is 19.1. The van der Waals surface area contributed by atoms with Crippen molar-refractivity contribution in [2.75, 3.05) is 40.3 Å². The number of ketones is 1. The zero-order valence-electron chi connectivity index (χ0n) is 24.3. The van der Waals surface area contributed by atoms with Crippen LogP contribution < -0.4 is 5.73 Å². The van der Waals surface area contributed by atoms with E-state index >= 15 is 4.39 Å². The van der Waals surface area contributed by atoms with Crippen molar-refractivity contribution in [1.82, 2.24) is 19.6 Å². The van der Waals surface area contributed by atoms with Gasteiger partial charge < -0.3 is 25.2 Å². The van der Waals surface area contributed by atoms with Gasteiger partial charge in [0.2, 0.25) is 0 Å². The van der Waals surface area contributed by atoms with Gasteiger partial charge in [0.25, 0.3) is 5.91 Å². The Balaban J connectivity index is 1.23. The van der Waals surface area contributed by atoms with E-state index in [2.05, 4.69) is 21.7 Å². The monoisotopic (exact) mass is 557 g/mol. The summed E-state index contributed by atoms with van der Waals surface area (Å²) in [6, 6.07) is -0.273. The number of Topliss-reactive ketones (excluding diaryl/α,β-unsaturated/α-hetero) is 1. The summed E-state index contributed by atoms with van der Waals surface area (Å²) in [5, 5.41) is 0. The van der Waals surface area contributed by atoms with Crippen LogP contribution in [0.25, 0.3) is 0 Å². The number of nitrogens with zero attached hydrogens (tertiary/aromatic N) is 4. The number of hydrogen-bond acceptors (Lipinski definition) is 7. The third kappa shape index (κ3) is 4.54. The number of halogens is 1. The van der Waals surface area contributed by atoms with Gasteiger partial charge in [0.05, 0.1) is 35.9 Å². The fraction of sp³-hybridized carbons (Fsp3) is 0.871. The zero-order valence-corrected chi connectivity index (χ0v) is 24.3. The molecule has 0 aromatic carbocycles. The van der Waals surface area contributed by atoms with Crippen molar-refractivity contribution >= 4 is 11.7 Å². The number of morpholine rings is 1. The van der Waals surface area contributed by atoms with Crippen LogP contribution in [0, 0.1) is 17.8 Å². The molecule has 0 bridgehead atoms. The first-order chi connectivity index (χ1) is 19.3. The fourth-order valence-electron chi connectivity index (χ4n) is 9.68. The Kier molecular flexibility index (Phi) is 7.25. The number of carbonyl (C=O) groups is 2. The van der Waals surface area contributed by atoms with E-state index in [-0.39, 0.29) is 66.1 Å². The van der Waals surface area contributed by atoms with E-state index < -0.39 is 12.1 Å². The lowest BCUT2D eigenvalue weighted by molar-refractivity contribution is -0.219. The normalized spacial score (nSPS) is 44.5. The minimum absolute atomic E-state index is 0.0118. The molecular formula is C31H48FN5O3. The number of nitrogens with two attached hydrogens (primary N) is 1. The van der Waals surface area contributed by atoms with Crippen molar-refractivity contribution in [2.45, 2.75) is 113 Å². The molecule has 3 aliphatic carbocycles. The summed E-state index contributed by atoms with van der Waals surface area (Å²) in [5.41, 5.74) is 6.53. The lowest BCUT2D eigenvalue weighted by Crippen LogP contribution is -2.73. The van der Waals surface area contributed by atoms with Gasteiger partial charge in [-0.2, -0.15) is 0 Å². The number of amides is 1. The second-order valence-corrected chi connectivity index (χ2v) is 14.2. The number of piperidine rings is 1. The van der Waals surface area contributed by atoms with Gasteiger partial charge >= 0.3 is 0 Å². The Morgan fingerprint density at radius 2 is 1.75 bits per heavy atom. The van der Waals surface area contributed by atoms with Crippen LogP contribution in [-0.2, 0) is 14.3 Å². The number of likely N-dealkylation sites (N-methyl/N-ethyl adjacent to an activating group) is 1. The Hall–Kier alpha value is -1.55. The number of alkyl halides is 1. The maximum absolute atomic E-state index is 16.2. The molecule has 0 spiro atoms. The van der Waals surface area contributed by atoms with E-state index in [0.717, 1.165) is 51.7 Å². The minimum Gasteiger partial charge on any atom is -0.369 e. The Labute approximate surface area is 238 Å². The molecule has 7 rings (SSSR count). The van der Waals surface area contributed by atoms with Crippen LogP contribution in [0.3, 0.4) is 0 Å². The van der Waals surface area contributed by atoms with Crippen molar-refractivity contribution < 1.29 is 18.7 Å². The Morgan fingerprint density at radius 1 is 1.02 bits per heavy atom. The maximum atomic E-state index is 16.2. The van der Waals surface area contributed by atoms with Crippen molar-refractivity contribution in [3.05, 3.63) is 11.8 Å². The summed E-state index contributed by atoms with van der Waals surface area (Å²) in [4.78, 5) is 36.7. The van der Waals surface area contributed by atoms with Crippen LogP contribution in [0.5, 0.6) is 0 Å². The van der Waals surface area contributed by atoms with Gasteiger partial charge in [-0.3, -0.25) is 14.5 Å². The molecule has 3 saturated carbocycles. The topological polar surface area (TPSA) is 82.3 Å². The summed E-state index contributed by atoms with van der Waals surface area (Å²) in [7, 11) is 3.96. The molecule has 10 atom stereocenters. The molecule has 0 radical (unpaired) electrons. The van der Waals surface area contributed by atoms with E-state index in [9.17, 15) is 9.59 Å². The number of likely N-dealkylation sites (tertiary alicyclic amines) is 2. The van der Waals surface area contributed by atoms with Gasteiger partial charge in [-0.05, 0) is 70.5 Å². The number of hydrogen-bond donors (Lipinski definition) is 1. The molecule has 3 saturated heterocycles. The molecule has 1 amide bonds. The van der Waals surface area contributed by atoms with E-state index in [1.54, 1.807) is 4.90 Å². The molecular weight excluding hydrogens is 509 g/mol. The largest absolute Gasteiger partial charge is 0.369 e. The van der Waals surface area contributed by atoms with Gasteiger partial charge in [0, 0.05) is 44.3 Å². The highest BCUT2D eigenvalue weighted by molar-refractivity contribution is 6.20. The summed E-state index contributed by atoms with van der Waals surface area (Å²) in [6.45, 7) is 3.35. The SMILES string of the molecule is CN1CCC(N(C)C(=O)C2=CN3C4CC5CCCCC5CC4OC4C(N5CCC(N)C5)C(F)CC(C2=O)C43)CC1. The number of carbonyl (C=O) groups excluding carboxylic acids is 2. The third-order valence-electron chi connectivity index (χ3n) is 11.9. The molecule has 7 aliphatic rings. The average Bonchev–Trinajstić information content (AvgIpc) is 3.38. The maximum Gasteiger partial charge on any atom is 0.258 e. The quantitative estimate of drug-likeness (QED) is 0.533. The van der Waals surface area contributed by atoms with E-state index in [0.29, 0.717) is 18.4 Å². The first-order valence-electron chi connectivity index (χ1n) is 16.1. The third-order valence-corrected chi connectivity index (χ3v) is 11.9. The predicted octanol–water partition coefficient (Wildman–Crippen LogP) is 2.17. The molecule has 6 fully saturated rings. The number of fused-ring (bicyclic) bond motifs is 3. The number of ether oxygens (including phenoxy) is 1. The molecule has 4 aliphatic heterocycles. The Bertz CT molecular complexity index is 1030. The second-order valence-electron chi connectivity index (χ2n) is 14.2. The molecule has 9 heteroatoms. The van der Waals surface area contributed by atoms with Crippen LogP contribution in [0.4, 0.5) is 4.39 Å².